The summed E-state index contributed by atoms with van der Waals surface area (Å²) in [6, 6.07) is 19.4. The third kappa shape index (κ3) is 2.18. The van der Waals surface area contributed by atoms with Crippen molar-refractivity contribution in [1.29, 1.82) is 0 Å². The van der Waals surface area contributed by atoms with Gasteiger partial charge in [-0.3, -0.25) is 0 Å². The lowest BCUT2D eigenvalue weighted by Gasteiger charge is -2.39. The molecule has 3 heteroatoms. The molecule has 0 aromatic heterocycles. The van der Waals surface area contributed by atoms with Gasteiger partial charge in [0.1, 0.15) is 0 Å². The molecule has 0 unspecified atom stereocenters. The van der Waals surface area contributed by atoms with E-state index >= 15 is 0 Å². The van der Waals surface area contributed by atoms with Crippen LogP contribution in [0.15, 0.2) is 54.6 Å². The fraction of sp³-hybridized carbons (Fsp3) is 0.235. The molecule has 3 rings (SSSR count). The summed E-state index contributed by atoms with van der Waals surface area (Å²) in [5.74, 6) is 0. The largest absolute Gasteiger partial charge is 0.351 e. The van der Waals surface area contributed by atoms with Crippen LogP contribution >= 0.6 is 12.2 Å². The third-order valence-corrected chi connectivity index (χ3v) is 3.96. The molecule has 102 valence electrons. The maximum atomic E-state index is 5.57. The van der Waals surface area contributed by atoms with Crippen molar-refractivity contribution in [2.24, 2.45) is 0 Å². The highest BCUT2D eigenvalue weighted by atomic mass is 32.1. The van der Waals surface area contributed by atoms with Crippen LogP contribution in [0.5, 0.6) is 0 Å². The molecule has 0 spiro atoms. The fourth-order valence-corrected chi connectivity index (χ4v) is 3.18. The monoisotopic (exact) mass is 282 g/mol. The van der Waals surface area contributed by atoms with E-state index in [1.54, 1.807) is 0 Å². The van der Waals surface area contributed by atoms with Crippen LogP contribution in [-0.4, -0.2) is 11.2 Å². The van der Waals surface area contributed by atoms with Gasteiger partial charge in [0, 0.05) is 17.3 Å². The van der Waals surface area contributed by atoms with Gasteiger partial charge in [-0.05, 0) is 37.7 Å². The molecule has 2 aromatic rings. The van der Waals surface area contributed by atoms with Gasteiger partial charge >= 0.3 is 0 Å². The van der Waals surface area contributed by atoms with E-state index in [4.69, 9.17) is 12.2 Å². The Labute approximate surface area is 125 Å². The average molecular weight is 282 g/mol. The Morgan fingerprint density at radius 2 is 1.65 bits per heavy atom. The van der Waals surface area contributed by atoms with Crippen molar-refractivity contribution in [2.45, 2.75) is 25.9 Å². The fourth-order valence-electron chi connectivity index (χ4n) is 2.75. The van der Waals surface area contributed by atoms with Gasteiger partial charge in [0.05, 0.1) is 6.04 Å². The molecule has 0 amide bonds. The van der Waals surface area contributed by atoms with Gasteiger partial charge in [0.25, 0.3) is 0 Å². The predicted molar refractivity (Wildman–Crippen MR) is 88.1 cm³/mol. The number of thiocarbonyl (C=S) groups is 1. The first-order valence-corrected chi connectivity index (χ1v) is 7.33. The lowest BCUT2D eigenvalue weighted by molar-refractivity contribution is 0.691. The molecule has 1 atom stereocenters. The molecule has 0 aliphatic carbocycles. The smallest absolute Gasteiger partial charge is 0.174 e. The number of nitrogens with one attached hydrogen (secondary N) is 1. The van der Waals surface area contributed by atoms with Crippen molar-refractivity contribution in [1.82, 2.24) is 5.32 Å². The van der Waals surface area contributed by atoms with Gasteiger partial charge in [0.15, 0.2) is 5.11 Å². The predicted octanol–water partition coefficient (Wildman–Crippen LogP) is 3.88. The van der Waals surface area contributed by atoms with Crippen LogP contribution in [0.4, 0.5) is 5.69 Å². The molecule has 0 saturated carbocycles. The van der Waals surface area contributed by atoms with Gasteiger partial charge in [-0.15, -0.1) is 0 Å². The molecular formula is C17H18N2S. The summed E-state index contributed by atoms with van der Waals surface area (Å²) in [6.45, 7) is 4.32. The Balaban J connectivity index is 2.12. The maximum Gasteiger partial charge on any atom is 0.174 e. The molecular weight excluding hydrogens is 264 g/mol. The van der Waals surface area contributed by atoms with Gasteiger partial charge < -0.3 is 10.2 Å². The van der Waals surface area contributed by atoms with Crippen LogP contribution in [0, 0.1) is 0 Å². The van der Waals surface area contributed by atoms with Crippen molar-refractivity contribution in [3.8, 4) is 0 Å². The minimum Gasteiger partial charge on any atom is -0.351 e. The normalized spacial score (nSPS) is 17.9. The molecule has 20 heavy (non-hydrogen) atoms. The SMILES string of the molecule is CC(C)N1C(=S)N[C@@H](c2ccccc2)c2ccccc21. The summed E-state index contributed by atoms with van der Waals surface area (Å²) in [5.41, 5.74) is 3.73. The topological polar surface area (TPSA) is 15.3 Å². The van der Waals surface area contributed by atoms with Crippen molar-refractivity contribution in [3.63, 3.8) is 0 Å². The number of fused-ring (bicyclic) bond motifs is 1. The molecule has 1 aliphatic rings. The molecule has 1 aliphatic heterocycles. The Hall–Kier alpha value is -1.87. The summed E-state index contributed by atoms with van der Waals surface area (Å²) in [5, 5.41) is 4.28. The van der Waals surface area contributed by atoms with Crippen molar-refractivity contribution < 1.29 is 0 Å². The van der Waals surface area contributed by atoms with Crippen LogP contribution in [0.3, 0.4) is 0 Å². The number of anilines is 1. The molecule has 1 N–H and O–H groups in total. The molecule has 2 aromatic carbocycles. The van der Waals surface area contributed by atoms with E-state index in [1.807, 2.05) is 6.07 Å². The first-order chi connectivity index (χ1) is 9.68. The van der Waals surface area contributed by atoms with Crippen LogP contribution in [-0.2, 0) is 0 Å². The van der Waals surface area contributed by atoms with Crippen LogP contribution in [0.1, 0.15) is 31.0 Å². The number of para-hydroxylation sites is 1. The third-order valence-electron chi connectivity index (χ3n) is 3.64. The Morgan fingerprint density at radius 3 is 2.35 bits per heavy atom. The van der Waals surface area contributed by atoms with Crippen molar-refractivity contribution >= 4 is 23.0 Å². The minimum absolute atomic E-state index is 0.134. The van der Waals surface area contributed by atoms with E-state index in [2.05, 4.69) is 72.6 Å². The Morgan fingerprint density at radius 1 is 1.00 bits per heavy atom. The van der Waals surface area contributed by atoms with Crippen LogP contribution in [0.25, 0.3) is 0 Å². The van der Waals surface area contributed by atoms with E-state index in [-0.39, 0.29) is 6.04 Å². The molecule has 0 bridgehead atoms. The first kappa shape index (κ1) is 13.1. The van der Waals surface area contributed by atoms with E-state index in [0.717, 1.165) is 5.11 Å². The van der Waals surface area contributed by atoms with E-state index in [9.17, 15) is 0 Å². The zero-order valence-electron chi connectivity index (χ0n) is 11.7. The Kier molecular flexibility index (Phi) is 3.45. The quantitative estimate of drug-likeness (QED) is 0.842. The number of hydrogen-bond acceptors (Lipinski definition) is 1. The van der Waals surface area contributed by atoms with Gasteiger partial charge in [0.2, 0.25) is 0 Å². The number of benzene rings is 2. The van der Waals surface area contributed by atoms with Crippen molar-refractivity contribution in [2.75, 3.05) is 4.90 Å². The summed E-state index contributed by atoms with van der Waals surface area (Å²) < 4.78 is 0. The summed E-state index contributed by atoms with van der Waals surface area (Å²) in [6.07, 6.45) is 0. The highest BCUT2D eigenvalue weighted by molar-refractivity contribution is 7.80. The molecule has 0 fully saturated rings. The average Bonchev–Trinajstić information content (AvgIpc) is 2.47. The van der Waals surface area contributed by atoms with Gasteiger partial charge in [-0.2, -0.15) is 0 Å². The second kappa shape index (κ2) is 5.25. The standard InChI is InChI=1S/C17H18N2S/c1-12(2)19-15-11-7-6-10-14(15)16(18-17(19)20)13-8-4-3-5-9-13/h3-12,16H,1-2H3,(H,18,20)/t16-/m0/s1. The summed E-state index contributed by atoms with van der Waals surface area (Å²) >= 11 is 5.57. The van der Waals surface area contributed by atoms with E-state index < -0.39 is 0 Å². The molecule has 0 radical (unpaired) electrons. The molecule has 1 heterocycles. The molecule has 0 saturated heterocycles. The highest BCUT2D eigenvalue weighted by Crippen LogP contribution is 2.35. The van der Waals surface area contributed by atoms with Crippen LogP contribution in [0.2, 0.25) is 0 Å². The first-order valence-electron chi connectivity index (χ1n) is 6.92. The van der Waals surface area contributed by atoms with Crippen LogP contribution < -0.4 is 10.2 Å². The van der Waals surface area contributed by atoms with E-state index in [0.29, 0.717) is 6.04 Å². The zero-order valence-corrected chi connectivity index (χ0v) is 12.5. The second-order valence-electron chi connectivity index (χ2n) is 5.32. The zero-order chi connectivity index (χ0) is 14.1. The van der Waals surface area contributed by atoms with Gasteiger partial charge in [-0.25, -0.2) is 0 Å². The number of nitrogens with zero attached hydrogens (tertiary/aromatic N) is 1. The number of rotatable bonds is 2. The second-order valence-corrected chi connectivity index (χ2v) is 5.70. The number of hydrogen-bond donors (Lipinski definition) is 1. The summed E-state index contributed by atoms with van der Waals surface area (Å²) in [4.78, 5) is 2.18. The molecule has 2 nitrogen and oxygen atoms in total. The maximum absolute atomic E-state index is 5.57. The lowest BCUT2D eigenvalue weighted by atomic mass is 9.94. The van der Waals surface area contributed by atoms with E-state index in [1.165, 1.54) is 16.8 Å². The summed E-state index contributed by atoms with van der Waals surface area (Å²) in [7, 11) is 0. The minimum atomic E-state index is 0.134. The Bertz CT molecular complexity index is 622. The lowest BCUT2D eigenvalue weighted by Crippen LogP contribution is -2.49. The van der Waals surface area contributed by atoms with Crippen molar-refractivity contribution in [3.05, 3.63) is 65.7 Å². The van der Waals surface area contributed by atoms with Gasteiger partial charge in [-0.1, -0.05) is 48.5 Å². The highest BCUT2D eigenvalue weighted by Gasteiger charge is 2.30.